The van der Waals surface area contributed by atoms with Crippen LogP contribution in [0.3, 0.4) is 0 Å². The molecule has 2 aliphatic rings. The van der Waals surface area contributed by atoms with Crippen molar-refractivity contribution in [2.75, 3.05) is 13.7 Å². The molecule has 2 fully saturated rings. The summed E-state index contributed by atoms with van der Waals surface area (Å²) in [5.74, 6) is 0.171. The van der Waals surface area contributed by atoms with Gasteiger partial charge in [-0.2, -0.15) is 0 Å². The average Bonchev–Trinajstić information content (AvgIpc) is 2.97. The molecular weight excluding hydrogens is 326 g/mol. The van der Waals surface area contributed by atoms with Crippen LogP contribution in [0.1, 0.15) is 43.4 Å². The fourth-order valence-electron chi connectivity index (χ4n) is 4.91. The van der Waals surface area contributed by atoms with Crippen LogP contribution in [0.25, 0.3) is 0 Å². The van der Waals surface area contributed by atoms with Crippen molar-refractivity contribution in [2.24, 2.45) is 5.41 Å². The van der Waals surface area contributed by atoms with Crippen LogP contribution in [0.15, 0.2) is 42.9 Å². The van der Waals surface area contributed by atoms with E-state index in [1.165, 1.54) is 31.2 Å². The monoisotopic (exact) mass is 353 g/mol. The number of rotatable bonds is 7. The first kappa shape index (κ1) is 17.3. The van der Waals surface area contributed by atoms with Gasteiger partial charge in [0.05, 0.1) is 30.6 Å². The molecule has 0 radical (unpaired) electrons. The zero-order valence-electron chi connectivity index (χ0n) is 15.4. The van der Waals surface area contributed by atoms with E-state index in [-0.39, 0.29) is 16.7 Å². The summed E-state index contributed by atoms with van der Waals surface area (Å²) in [5, 5.41) is 3.21. The minimum absolute atomic E-state index is 0.171. The highest BCUT2D eigenvalue weighted by molar-refractivity contribution is 5.93. The topological polar surface area (TPSA) is 56.1 Å². The standard InChI is InChI=1S/C21H27N3O2/c1-26-12-11-24-16-22-13-18(24)14-23-19(25)21(17-7-3-2-4-8-17)15-20(21)9-5-6-10-20/h2-4,7-8,13,16H,5-6,9-12,14-15H2,1H3,(H,23,25)/t21-/m0/s1. The molecule has 1 aromatic heterocycles. The zero-order valence-corrected chi connectivity index (χ0v) is 15.4. The van der Waals surface area contributed by atoms with Gasteiger partial charge in [-0.1, -0.05) is 43.2 Å². The van der Waals surface area contributed by atoms with Crippen LogP contribution in [0.5, 0.6) is 0 Å². The molecule has 0 bridgehead atoms. The van der Waals surface area contributed by atoms with Crippen molar-refractivity contribution in [3.63, 3.8) is 0 Å². The van der Waals surface area contributed by atoms with E-state index in [9.17, 15) is 4.79 Å². The first-order chi connectivity index (χ1) is 12.7. The minimum atomic E-state index is -0.345. The third-order valence-corrected chi connectivity index (χ3v) is 6.36. The molecule has 1 spiro atoms. The largest absolute Gasteiger partial charge is 0.383 e. The van der Waals surface area contributed by atoms with Gasteiger partial charge in [0.2, 0.25) is 5.91 Å². The van der Waals surface area contributed by atoms with Crippen molar-refractivity contribution in [1.29, 1.82) is 0 Å². The van der Waals surface area contributed by atoms with Crippen LogP contribution in [-0.2, 0) is 28.0 Å². The van der Waals surface area contributed by atoms with Gasteiger partial charge in [0.25, 0.3) is 0 Å². The number of benzene rings is 1. The van der Waals surface area contributed by atoms with Gasteiger partial charge in [0.15, 0.2) is 0 Å². The Kier molecular flexibility index (Phi) is 4.57. The highest BCUT2D eigenvalue weighted by Crippen LogP contribution is 2.72. The van der Waals surface area contributed by atoms with Crippen LogP contribution >= 0.6 is 0 Å². The quantitative estimate of drug-likeness (QED) is 0.832. The van der Waals surface area contributed by atoms with Crippen molar-refractivity contribution < 1.29 is 9.53 Å². The molecule has 1 amide bonds. The summed E-state index contributed by atoms with van der Waals surface area (Å²) in [7, 11) is 1.69. The molecular formula is C21H27N3O2. The molecule has 1 aromatic carbocycles. The lowest BCUT2D eigenvalue weighted by Crippen LogP contribution is -2.38. The molecule has 2 aromatic rings. The predicted molar refractivity (Wildman–Crippen MR) is 99.6 cm³/mol. The Morgan fingerprint density at radius 1 is 1.27 bits per heavy atom. The van der Waals surface area contributed by atoms with Gasteiger partial charge in [-0.15, -0.1) is 0 Å². The fourth-order valence-corrected chi connectivity index (χ4v) is 4.91. The summed E-state index contributed by atoms with van der Waals surface area (Å²) in [6.07, 6.45) is 9.42. The van der Waals surface area contributed by atoms with E-state index < -0.39 is 0 Å². The summed E-state index contributed by atoms with van der Waals surface area (Å²) < 4.78 is 7.18. The number of nitrogens with one attached hydrogen (secondary N) is 1. The van der Waals surface area contributed by atoms with E-state index >= 15 is 0 Å². The Morgan fingerprint density at radius 3 is 2.77 bits per heavy atom. The van der Waals surface area contributed by atoms with E-state index in [4.69, 9.17) is 4.74 Å². The number of carbonyl (C=O) groups is 1. The first-order valence-corrected chi connectivity index (χ1v) is 9.54. The number of aromatic nitrogens is 2. The average molecular weight is 353 g/mol. The summed E-state index contributed by atoms with van der Waals surface area (Å²) >= 11 is 0. The lowest BCUT2D eigenvalue weighted by Gasteiger charge is -2.23. The molecule has 0 aliphatic heterocycles. The smallest absolute Gasteiger partial charge is 0.231 e. The molecule has 26 heavy (non-hydrogen) atoms. The number of carbonyl (C=O) groups excluding carboxylic acids is 1. The van der Waals surface area contributed by atoms with Gasteiger partial charge in [-0.25, -0.2) is 4.98 Å². The second-order valence-electron chi connectivity index (χ2n) is 7.69. The number of nitrogens with zero attached hydrogens (tertiary/aromatic N) is 2. The number of amides is 1. The second-order valence-corrected chi connectivity index (χ2v) is 7.69. The summed E-state index contributed by atoms with van der Waals surface area (Å²) in [5.41, 5.74) is 2.02. The predicted octanol–water partition coefficient (Wildman–Crippen LogP) is 3.05. The summed E-state index contributed by atoms with van der Waals surface area (Å²) in [6.45, 7) is 1.89. The van der Waals surface area contributed by atoms with Crippen LogP contribution in [0.4, 0.5) is 0 Å². The zero-order chi connectivity index (χ0) is 18.0. The molecule has 5 nitrogen and oxygen atoms in total. The normalized spacial score (nSPS) is 23.3. The van der Waals surface area contributed by atoms with Crippen molar-refractivity contribution in [2.45, 2.75) is 50.6 Å². The lowest BCUT2D eigenvalue weighted by molar-refractivity contribution is -0.124. The minimum Gasteiger partial charge on any atom is -0.383 e. The van der Waals surface area contributed by atoms with Crippen LogP contribution < -0.4 is 5.32 Å². The lowest BCUT2D eigenvalue weighted by atomic mass is 9.84. The third kappa shape index (κ3) is 2.75. The molecule has 2 aliphatic carbocycles. The molecule has 2 saturated carbocycles. The van der Waals surface area contributed by atoms with Crippen molar-refractivity contribution in [3.05, 3.63) is 54.1 Å². The number of hydrogen-bond donors (Lipinski definition) is 1. The van der Waals surface area contributed by atoms with Gasteiger partial charge in [0.1, 0.15) is 0 Å². The van der Waals surface area contributed by atoms with Gasteiger partial charge in [-0.05, 0) is 30.2 Å². The van der Waals surface area contributed by atoms with E-state index in [0.29, 0.717) is 13.2 Å². The molecule has 138 valence electrons. The van der Waals surface area contributed by atoms with E-state index in [2.05, 4.69) is 22.4 Å². The Hall–Kier alpha value is -2.14. The van der Waals surface area contributed by atoms with E-state index in [1.54, 1.807) is 13.4 Å². The SMILES string of the molecule is COCCn1cncc1CNC(=O)[C@@]1(c2ccccc2)CC12CCCC2. The molecule has 4 rings (SSSR count). The highest BCUT2D eigenvalue weighted by Gasteiger charge is 2.72. The Morgan fingerprint density at radius 2 is 2.04 bits per heavy atom. The first-order valence-electron chi connectivity index (χ1n) is 9.54. The maximum absolute atomic E-state index is 13.3. The maximum atomic E-state index is 13.3. The maximum Gasteiger partial charge on any atom is 0.231 e. The van der Waals surface area contributed by atoms with Crippen molar-refractivity contribution in [3.8, 4) is 0 Å². The highest BCUT2D eigenvalue weighted by atomic mass is 16.5. The number of ether oxygens (including phenoxy) is 1. The van der Waals surface area contributed by atoms with Crippen LogP contribution in [0.2, 0.25) is 0 Å². The molecule has 0 saturated heterocycles. The summed E-state index contributed by atoms with van der Waals surface area (Å²) in [6, 6.07) is 10.4. The fraction of sp³-hybridized carbons (Fsp3) is 0.524. The molecule has 1 N–H and O–H groups in total. The number of imidazole rings is 1. The van der Waals surface area contributed by atoms with Crippen molar-refractivity contribution >= 4 is 5.91 Å². The third-order valence-electron chi connectivity index (χ3n) is 6.36. The summed E-state index contributed by atoms with van der Waals surface area (Å²) in [4.78, 5) is 17.6. The second kappa shape index (κ2) is 6.88. The molecule has 5 heteroatoms. The van der Waals surface area contributed by atoms with Gasteiger partial charge >= 0.3 is 0 Å². The molecule has 0 unspecified atom stereocenters. The van der Waals surface area contributed by atoms with Crippen LogP contribution in [0, 0.1) is 5.41 Å². The van der Waals surface area contributed by atoms with Gasteiger partial charge in [-0.3, -0.25) is 4.79 Å². The van der Waals surface area contributed by atoms with Crippen molar-refractivity contribution in [1.82, 2.24) is 14.9 Å². The Labute approximate surface area is 154 Å². The molecule has 1 atom stereocenters. The number of methoxy groups -OCH3 is 1. The van der Waals surface area contributed by atoms with E-state index in [1.807, 2.05) is 29.0 Å². The Bertz CT molecular complexity index is 765. The number of hydrogen-bond acceptors (Lipinski definition) is 3. The van der Waals surface area contributed by atoms with E-state index in [0.717, 1.165) is 18.7 Å². The Balaban J connectivity index is 1.51. The molecule has 1 heterocycles. The van der Waals surface area contributed by atoms with Gasteiger partial charge < -0.3 is 14.6 Å². The van der Waals surface area contributed by atoms with Gasteiger partial charge in [0, 0.05) is 19.9 Å². The van der Waals surface area contributed by atoms with Crippen LogP contribution in [-0.4, -0.2) is 29.2 Å².